The van der Waals surface area contributed by atoms with Gasteiger partial charge < -0.3 is 14.8 Å². The predicted molar refractivity (Wildman–Crippen MR) is 90.1 cm³/mol. The predicted octanol–water partition coefficient (Wildman–Crippen LogP) is 0.597. The van der Waals surface area contributed by atoms with Gasteiger partial charge in [-0.3, -0.25) is 9.59 Å². The lowest BCUT2D eigenvalue weighted by atomic mass is 10.1. The van der Waals surface area contributed by atoms with Crippen molar-refractivity contribution in [2.45, 2.75) is 19.5 Å². The maximum absolute atomic E-state index is 12.0. The van der Waals surface area contributed by atoms with Gasteiger partial charge in [0.15, 0.2) is 0 Å². The lowest BCUT2D eigenvalue weighted by Gasteiger charge is -2.12. The summed E-state index contributed by atoms with van der Waals surface area (Å²) in [4.78, 5) is 35.2. The van der Waals surface area contributed by atoms with E-state index in [1.807, 2.05) is 0 Å². The van der Waals surface area contributed by atoms with Crippen LogP contribution in [0.1, 0.15) is 6.92 Å². The third-order valence-corrected chi connectivity index (χ3v) is 3.48. The fraction of sp³-hybridized carbons (Fsp3) is 0.294. The molecule has 0 radical (unpaired) electrons. The number of methoxy groups -OCH3 is 2. The summed E-state index contributed by atoms with van der Waals surface area (Å²) in [6.45, 7) is 1.19. The SMILES string of the molecule is COC(=O)[C@@H](C)NC(=O)Cn1nc(-c2ccc(OC)cc2)ccc1=O. The Morgan fingerprint density at radius 2 is 1.84 bits per heavy atom. The molecule has 2 aromatic rings. The number of aromatic nitrogens is 2. The molecule has 0 saturated carbocycles. The number of hydrogen-bond acceptors (Lipinski definition) is 6. The van der Waals surface area contributed by atoms with Crippen LogP contribution in [0.4, 0.5) is 0 Å². The van der Waals surface area contributed by atoms with Crippen LogP contribution in [-0.2, 0) is 20.9 Å². The lowest BCUT2D eigenvalue weighted by molar-refractivity contribution is -0.144. The largest absolute Gasteiger partial charge is 0.497 e. The van der Waals surface area contributed by atoms with Crippen molar-refractivity contribution in [1.29, 1.82) is 0 Å². The molecule has 25 heavy (non-hydrogen) atoms. The highest BCUT2D eigenvalue weighted by Crippen LogP contribution is 2.19. The molecule has 0 spiro atoms. The fourth-order valence-electron chi connectivity index (χ4n) is 2.14. The van der Waals surface area contributed by atoms with Crippen molar-refractivity contribution in [3.63, 3.8) is 0 Å². The van der Waals surface area contributed by atoms with Gasteiger partial charge in [-0.2, -0.15) is 5.10 Å². The van der Waals surface area contributed by atoms with Gasteiger partial charge in [0.25, 0.3) is 5.56 Å². The van der Waals surface area contributed by atoms with Crippen LogP contribution in [-0.4, -0.2) is 41.9 Å². The van der Waals surface area contributed by atoms with Crippen LogP contribution in [0.15, 0.2) is 41.2 Å². The lowest BCUT2D eigenvalue weighted by Crippen LogP contribution is -2.42. The van der Waals surface area contributed by atoms with Crippen LogP contribution in [0, 0.1) is 0 Å². The fourth-order valence-corrected chi connectivity index (χ4v) is 2.14. The normalized spacial score (nSPS) is 11.5. The molecule has 8 nitrogen and oxygen atoms in total. The summed E-state index contributed by atoms with van der Waals surface area (Å²) in [5.74, 6) is -0.381. The Kier molecular flexibility index (Phi) is 5.89. The molecule has 1 aromatic heterocycles. The summed E-state index contributed by atoms with van der Waals surface area (Å²) >= 11 is 0. The number of carbonyl (C=O) groups is 2. The Bertz CT molecular complexity index is 814. The van der Waals surface area contributed by atoms with Crippen molar-refractivity contribution in [2.24, 2.45) is 0 Å². The molecule has 8 heteroatoms. The summed E-state index contributed by atoms with van der Waals surface area (Å²) in [5.41, 5.74) is 0.895. The maximum Gasteiger partial charge on any atom is 0.328 e. The minimum atomic E-state index is -0.807. The average Bonchev–Trinajstić information content (AvgIpc) is 2.62. The van der Waals surface area contributed by atoms with E-state index in [0.717, 1.165) is 10.2 Å². The Labute approximate surface area is 144 Å². The number of nitrogens with zero attached hydrogens (tertiary/aromatic N) is 2. The number of carbonyl (C=O) groups excluding carboxylic acids is 2. The number of amides is 1. The zero-order valence-corrected chi connectivity index (χ0v) is 14.2. The molecule has 1 atom stereocenters. The third kappa shape index (κ3) is 4.66. The first-order chi connectivity index (χ1) is 11.9. The molecule has 0 saturated heterocycles. The van der Waals surface area contributed by atoms with E-state index < -0.39 is 23.5 Å². The van der Waals surface area contributed by atoms with E-state index in [2.05, 4.69) is 15.2 Å². The quantitative estimate of drug-likeness (QED) is 0.770. The summed E-state index contributed by atoms with van der Waals surface area (Å²) in [6, 6.07) is 9.26. The molecular weight excluding hydrogens is 326 g/mol. The highest BCUT2D eigenvalue weighted by atomic mass is 16.5. The van der Waals surface area contributed by atoms with E-state index in [-0.39, 0.29) is 6.54 Å². The van der Waals surface area contributed by atoms with Crippen LogP contribution >= 0.6 is 0 Å². The van der Waals surface area contributed by atoms with Crippen molar-refractivity contribution in [3.05, 3.63) is 46.8 Å². The topological polar surface area (TPSA) is 99.5 Å². The van der Waals surface area contributed by atoms with Crippen LogP contribution in [0.3, 0.4) is 0 Å². The number of rotatable bonds is 6. The van der Waals surface area contributed by atoms with E-state index in [1.165, 1.54) is 20.1 Å². The Balaban J connectivity index is 2.17. The van der Waals surface area contributed by atoms with Crippen LogP contribution in [0.25, 0.3) is 11.3 Å². The first-order valence-electron chi connectivity index (χ1n) is 7.54. The van der Waals surface area contributed by atoms with Crippen molar-refractivity contribution in [3.8, 4) is 17.0 Å². The van der Waals surface area contributed by atoms with Gasteiger partial charge in [-0.1, -0.05) is 0 Å². The molecule has 0 aliphatic rings. The smallest absolute Gasteiger partial charge is 0.328 e. The molecular formula is C17H19N3O5. The molecule has 1 heterocycles. The molecule has 1 amide bonds. The summed E-state index contributed by atoms with van der Waals surface area (Å²) in [6.07, 6.45) is 0. The van der Waals surface area contributed by atoms with Crippen molar-refractivity contribution in [2.75, 3.05) is 14.2 Å². The second-order valence-electron chi connectivity index (χ2n) is 5.26. The highest BCUT2D eigenvalue weighted by Gasteiger charge is 2.16. The van der Waals surface area contributed by atoms with Gasteiger partial charge in [0.2, 0.25) is 5.91 Å². The Morgan fingerprint density at radius 3 is 2.44 bits per heavy atom. The minimum Gasteiger partial charge on any atom is -0.497 e. The first-order valence-corrected chi connectivity index (χ1v) is 7.54. The van der Waals surface area contributed by atoms with E-state index in [0.29, 0.717) is 11.4 Å². The number of nitrogens with one attached hydrogen (secondary N) is 1. The van der Waals surface area contributed by atoms with E-state index in [1.54, 1.807) is 37.4 Å². The van der Waals surface area contributed by atoms with Gasteiger partial charge in [-0.15, -0.1) is 0 Å². The van der Waals surface area contributed by atoms with Crippen LogP contribution in [0.5, 0.6) is 5.75 Å². The Hall–Kier alpha value is -3.16. The first kappa shape index (κ1) is 18.2. The van der Waals surface area contributed by atoms with Gasteiger partial charge in [0, 0.05) is 11.6 Å². The molecule has 0 aliphatic heterocycles. The average molecular weight is 345 g/mol. The second-order valence-corrected chi connectivity index (χ2v) is 5.26. The van der Waals surface area contributed by atoms with Crippen molar-refractivity contribution >= 4 is 11.9 Å². The van der Waals surface area contributed by atoms with Crippen LogP contribution in [0.2, 0.25) is 0 Å². The minimum absolute atomic E-state index is 0.301. The zero-order chi connectivity index (χ0) is 18.4. The van der Waals surface area contributed by atoms with Gasteiger partial charge in [0.1, 0.15) is 18.3 Å². The van der Waals surface area contributed by atoms with Crippen molar-refractivity contribution < 1.29 is 19.1 Å². The summed E-state index contributed by atoms with van der Waals surface area (Å²) in [5, 5.41) is 6.65. The molecule has 0 bridgehead atoms. The van der Waals surface area contributed by atoms with Crippen molar-refractivity contribution in [1.82, 2.24) is 15.1 Å². The molecule has 1 aromatic carbocycles. The number of ether oxygens (including phenoxy) is 2. The van der Waals surface area contributed by atoms with E-state index in [9.17, 15) is 14.4 Å². The molecule has 0 fully saturated rings. The third-order valence-electron chi connectivity index (χ3n) is 3.48. The van der Waals surface area contributed by atoms with E-state index in [4.69, 9.17) is 4.74 Å². The Morgan fingerprint density at radius 1 is 1.16 bits per heavy atom. The standard InChI is InChI=1S/C17H19N3O5/c1-11(17(23)25-3)18-15(21)10-20-16(22)9-8-14(19-20)12-4-6-13(24-2)7-5-12/h4-9,11H,10H2,1-3H3,(H,18,21)/t11-/m1/s1. The van der Waals surface area contributed by atoms with E-state index >= 15 is 0 Å². The van der Waals surface area contributed by atoms with Gasteiger partial charge in [-0.05, 0) is 37.3 Å². The van der Waals surface area contributed by atoms with Gasteiger partial charge >= 0.3 is 5.97 Å². The zero-order valence-electron chi connectivity index (χ0n) is 14.2. The van der Waals surface area contributed by atoms with Gasteiger partial charge in [-0.25, -0.2) is 9.48 Å². The molecule has 1 N–H and O–H groups in total. The summed E-state index contributed by atoms with van der Waals surface area (Å²) in [7, 11) is 2.80. The second kappa shape index (κ2) is 8.09. The number of benzene rings is 1. The highest BCUT2D eigenvalue weighted by molar-refractivity contribution is 5.83. The molecule has 132 valence electrons. The molecule has 0 aliphatic carbocycles. The molecule has 0 unspecified atom stereocenters. The maximum atomic E-state index is 12.0. The van der Waals surface area contributed by atoms with Gasteiger partial charge in [0.05, 0.1) is 19.9 Å². The monoisotopic (exact) mass is 345 g/mol. The number of hydrogen-bond donors (Lipinski definition) is 1. The summed E-state index contributed by atoms with van der Waals surface area (Å²) < 4.78 is 10.7. The molecule has 2 rings (SSSR count). The number of esters is 1. The van der Waals surface area contributed by atoms with Crippen LogP contribution < -0.4 is 15.6 Å².